The maximum atomic E-state index is 13.2. The van der Waals surface area contributed by atoms with E-state index < -0.39 is 22.4 Å². The number of piperidine rings is 5. The number of ether oxygens (including phenoxy) is 4. The molecule has 18 atom stereocenters. The van der Waals surface area contributed by atoms with Gasteiger partial charge in [-0.1, -0.05) is 114 Å². The number of amides is 4. The smallest absolute Gasteiger partial charge is 0.411 e. The molecule has 4 N–H and O–H groups in total. The largest absolute Gasteiger partial charge is 0.444 e. The highest BCUT2D eigenvalue weighted by atomic mass is 35.5. The zero-order valence-corrected chi connectivity index (χ0v) is 81.9. The number of likely N-dealkylation sites (tertiary alicyclic amines) is 4. The molecule has 12 aromatic rings. The number of carbonyl (C=O) groups excluding carboxylic acids is 4. The van der Waals surface area contributed by atoms with Gasteiger partial charge in [0.1, 0.15) is 61.6 Å². The zero-order chi connectivity index (χ0) is 94.5. The molecule has 7 saturated carbocycles. The van der Waals surface area contributed by atoms with Crippen molar-refractivity contribution in [3.05, 3.63) is 214 Å². The Bertz CT molecular complexity index is 7180. The highest BCUT2D eigenvalue weighted by Gasteiger charge is 2.61. The number of aromatic nitrogens is 6. The molecule has 8 aliphatic heterocycles. The van der Waals surface area contributed by atoms with Gasteiger partial charge in [0.05, 0.1) is 53.1 Å². The molecule has 15 aliphatic rings. The fourth-order valence-corrected chi connectivity index (χ4v) is 24.9. The Balaban J connectivity index is 0.000000111. The number of hydrogen-bond donors (Lipinski definition) is 4. The number of nitrogens with one attached hydrogen (secondary N) is 4. The minimum absolute atomic E-state index is 0.00102. The average molecular weight is 1880 g/mol. The molecule has 5 saturated heterocycles. The number of aromatic amines is 3. The van der Waals surface area contributed by atoms with Crippen LogP contribution < -0.4 is 5.32 Å². The van der Waals surface area contributed by atoms with Crippen LogP contribution in [0.5, 0.6) is 0 Å². The molecule has 7 aliphatic carbocycles. The Hall–Kier alpha value is -12.0. The van der Waals surface area contributed by atoms with Gasteiger partial charge in [-0.15, -0.1) is 0 Å². The van der Waals surface area contributed by atoms with Gasteiger partial charge in [0.2, 0.25) is 0 Å². The van der Waals surface area contributed by atoms with Crippen molar-refractivity contribution in [2.45, 2.75) is 275 Å². The SMILES string of the molecule is CC(C)(C)OC(=O)N1[C@@H]2C[C@@H]2C[C@H]1C1=Nc2ccc(-c3ccc4cc(-c5cnc([C@@H]6C[C@H]7C[C@H]7N6C(=O)OC(C)(C)C)[nH]5)ccc4c3)cc2C1.CC(C)(C)OC(=O)N1[C@@H]2C[C@@H]2C[C@H]1C1=Nc2ccc(-c3ccc4cc(-c5nc([C@@H]6C[C@H]7C[C@H]7N6C(=O)OC(C)(C)C)[nH]c5Cl)ccc4c3)cc2C1.Clc1[nH]c(C2C[C@@H]3C[C@@H]3C2)nc1-c1ccc2cc(-c3ccc4c(c3)CC([C@@H]3C[C@H]5C[C@H]5N3)=N4)ccc2c1. The first-order valence-corrected chi connectivity index (χ1v) is 51.0. The van der Waals surface area contributed by atoms with Crippen LogP contribution in [0.25, 0.3) is 99.5 Å². The second-order valence-corrected chi connectivity index (χ2v) is 47.0. The Labute approximate surface area is 814 Å². The van der Waals surface area contributed by atoms with E-state index in [1.54, 1.807) is 0 Å². The van der Waals surface area contributed by atoms with Crippen molar-refractivity contribution in [1.29, 1.82) is 0 Å². The summed E-state index contributed by atoms with van der Waals surface area (Å²) >= 11 is 13.4. The Kier molecular flexibility index (Phi) is 20.5. The van der Waals surface area contributed by atoms with E-state index in [1.165, 1.54) is 76.4 Å². The van der Waals surface area contributed by atoms with Crippen LogP contribution in [0.15, 0.2) is 185 Å². The van der Waals surface area contributed by atoms with Crippen LogP contribution >= 0.6 is 23.2 Å². The number of nitrogens with zero attached hydrogens (tertiary/aromatic N) is 10. The molecule has 4 amide bonds. The number of hydrogen-bond acceptors (Lipinski definition) is 15. The fraction of sp³-hybridized carbons (Fsp3) is 0.439. The van der Waals surface area contributed by atoms with Gasteiger partial charge in [-0.2, -0.15) is 0 Å². The molecule has 706 valence electrons. The van der Waals surface area contributed by atoms with Gasteiger partial charge in [-0.05, 0) is 363 Å². The van der Waals surface area contributed by atoms with Crippen LogP contribution in [0.4, 0.5) is 36.2 Å². The first kappa shape index (κ1) is 87.5. The van der Waals surface area contributed by atoms with Gasteiger partial charge >= 0.3 is 24.4 Å². The Morgan fingerprint density at radius 1 is 0.326 bits per heavy atom. The second kappa shape index (κ2) is 32.3. The first-order chi connectivity index (χ1) is 66.1. The zero-order valence-electron chi connectivity index (χ0n) is 80.4. The molecule has 0 radical (unpaired) electrons. The molecule has 138 heavy (non-hydrogen) atoms. The number of aliphatic imine (C=N–C) groups is 3. The number of benzene rings is 9. The van der Waals surface area contributed by atoms with Crippen LogP contribution in [0.3, 0.4) is 0 Å². The second-order valence-electron chi connectivity index (χ2n) is 46.2. The van der Waals surface area contributed by atoms with Crippen molar-refractivity contribution in [3.63, 3.8) is 0 Å². The lowest BCUT2D eigenvalue weighted by molar-refractivity contribution is 0.0164. The Morgan fingerprint density at radius 2 is 0.659 bits per heavy atom. The third-order valence-electron chi connectivity index (χ3n) is 31.6. The molecule has 27 rings (SSSR count). The van der Waals surface area contributed by atoms with E-state index in [1.807, 2.05) is 109 Å². The van der Waals surface area contributed by atoms with E-state index in [4.69, 9.17) is 72.1 Å². The maximum absolute atomic E-state index is 13.2. The number of halogens is 2. The van der Waals surface area contributed by atoms with Gasteiger partial charge in [0, 0.05) is 95.3 Å². The topological polar surface area (TPSA) is 253 Å². The van der Waals surface area contributed by atoms with Crippen molar-refractivity contribution >= 4 is 114 Å². The first-order valence-electron chi connectivity index (χ1n) is 50.2. The van der Waals surface area contributed by atoms with E-state index in [9.17, 15) is 19.2 Å². The van der Waals surface area contributed by atoms with Crippen molar-refractivity contribution in [1.82, 2.24) is 54.8 Å². The van der Waals surface area contributed by atoms with Gasteiger partial charge in [0.25, 0.3) is 0 Å². The fourth-order valence-electron chi connectivity index (χ4n) is 24.4. The van der Waals surface area contributed by atoms with Crippen molar-refractivity contribution < 1.29 is 38.1 Å². The summed E-state index contributed by atoms with van der Waals surface area (Å²) in [4.78, 5) is 100. The van der Waals surface area contributed by atoms with Gasteiger partial charge in [0.15, 0.2) is 0 Å². The number of H-pyrrole nitrogens is 3. The molecular weight excluding hydrogens is 1760 g/mol. The molecule has 9 aromatic carbocycles. The molecule has 1 unspecified atom stereocenters. The summed E-state index contributed by atoms with van der Waals surface area (Å²) in [6.45, 7) is 22.9. The molecule has 24 heteroatoms. The van der Waals surface area contributed by atoms with Crippen LogP contribution in [0.1, 0.15) is 219 Å². The van der Waals surface area contributed by atoms with E-state index in [0.29, 0.717) is 57.5 Å². The summed E-state index contributed by atoms with van der Waals surface area (Å²) in [6.07, 6.45) is 17.9. The van der Waals surface area contributed by atoms with E-state index in [2.05, 4.69) is 184 Å². The maximum Gasteiger partial charge on any atom is 0.411 e. The predicted molar refractivity (Wildman–Crippen MR) is 542 cm³/mol. The summed E-state index contributed by atoms with van der Waals surface area (Å²) in [5.41, 5.74) is 20.9. The summed E-state index contributed by atoms with van der Waals surface area (Å²) in [5.74, 6) is 8.04. The molecule has 11 heterocycles. The molecule has 0 spiro atoms. The van der Waals surface area contributed by atoms with Crippen LogP contribution in [-0.4, -0.2) is 162 Å². The van der Waals surface area contributed by atoms with Crippen LogP contribution in [0, 0.1) is 41.4 Å². The van der Waals surface area contributed by atoms with Gasteiger partial charge in [-0.25, -0.2) is 34.1 Å². The minimum atomic E-state index is -0.563. The third kappa shape index (κ3) is 16.8. The molecule has 3 aromatic heterocycles. The van der Waals surface area contributed by atoms with E-state index in [-0.39, 0.29) is 72.7 Å². The van der Waals surface area contributed by atoms with Crippen molar-refractivity contribution in [3.8, 4) is 67.2 Å². The third-order valence-corrected chi connectivity index (χ3v) is 32.2. The lowest BCUT2D eigenvalue weighted by Gasteiger charge is -2.30. The lowest BCUT2D eigenvalue weighted by Crippen LogP contribution is -2.45. The Morgan fingerprint density at radius 3 is 1.07 bits per heavy atom. The highest BCUT2D eigenvalue weighted by molar-refractivity contribution is 6.32. The van der Waals surface area contributed by atoms with Crippen molar-refractivity contribution in [2.75, 3.05) is 0 Å². The van der Waals surface area contributed by atoms with E-state index in [0.717, 1.165) is 206 Å². The summed E-state index contributed by atoms with van der Waals surface area (Å²) in [6, 6.07) is 61.0. The summed E-state index contributed by atoms with van der Waals surface area (Å²) < 4.78 is 23.1. The molecule has 0 bridgehead atoms. The molecular formula is C114H118Cl2N14O8. The van der Waals surface area contributed by atoms with E-state index >= 15 is 0 Å². The molecule has 12 fully saturated rings. The number of fused-ring (bicyclic) bond motifs is 12. The van der Waals surface area contributed by atoms with Crippen LogP contribution in [-0.2, 0) is 38.2 Å². The summed E-state index contributed by atoms with van der Waals surface area (Å²) in [7, 11) is 0. The minimum Gasteiger partial charge on any atom is -0.444 e. The standard InChI is InChI=1S/C41H44ClN5O4.C41H45N5O4.C32H29ClN4/c1-40(2,3)50-38(48)46-31-17-27(31)19-33(46)30-16-26-15-24(11-12-29(26)43-30)21-7-8-23-14-25(10-9-22(23)13-21)35-36(42)45-37(44-35)34-20-28-18-32(28)47(34)39(49)51-41(4,5)6;1-40(2,3)49-38(47)45-33-17-28(33)19-35(45)31-16-27-15-25(11-12-30(27)43-31)22-7-8-24-14-26(10-9-23(24)13-22)32-21-42-37(44-32)36-20-29-18-34(29)46(36)39(48)50-41(4,5)6;33-31-30(36-32(37-31)25-11-21-10-22(21)12-25)20-4-3-17-7-16(1-2-18(17)8-20)19-5-6-26-23(9-19)14-28(34-26)29-15-24-13-27(24)35-29/h7-15,27-28,31-34H,16-20H2,1-6H3,(H,44,45);7-15,21,28-29,33-36H,16-20H2,1-6H3,(H,42,44);1-9,21-22,24-25,27,29,35H,10-15H2,(H,36,37)/t27-,28-,31-,32-,33+,34+;28-,29-,33-,34-,35+,36+;21-,22+,24-,25?,27-,29+/m111/s1. The number of rotatable bonds is 12. The quantitative estimate of drug-likeness (QED) is 0.0834. The van der Waals surface area contributed by atoms with Crippen LogP contribution in [0.2, 0.25) is 10.3 Å². The van der Waals surface area contributed by atoms with Gasteiger partial charge < -0.3 is 39.2 Å². The average Bonchev–Trinajstić information content (AvgIpc) is 1.57. The monoisotopic (exact) mass is 1880 g/mol. The molecule has 22 nitrogen and oxygen atoms in total. The number of imidazole rings is 3. The lowest BCUT2D eigenvalue weighted by atomic mass is 9.96. The predicted octanol–water partition coefficient (Wildman–Crippen LogP) is 26.1. The number of carbonyl (C=O) groups is 4. The summed E-state index contributed by atoms with van der Waals surface area (Å²) in [5, 5.41) is 11.8. The van der Waals surface area contributed by atoms with Crippen molar-refractivity contribution in [2.24, 2.45) is 56.4 Å². The normalized spacial score (nSPS) is 27.5. The highest BCUT2D eigenvalue weighted by Crippen LogP contribution is 2.60. The van der Waals surface area contributed by atoms with Gasteiger partial charge in [-0.3, -0.25) is 34.6 Å².